The van der Waals surface area contributed by atoms with Gasteiger partial charge in [0.2, 0.25) is 0 Å². The van der Waals surface area contributed by atoms with E-state index in [1.54, 1.807) is 0 Å². The van der Waals surface area contributed by atoms with Gasteiger partial charge in [-0.2, -0.15) is 0 Å². The molecule has 2 unspecified atom stereocenters. The third-order valence-electron chi connectivity index (χ3n) is 3.02. The van der Waals surface area contributed by atoms with Gasteiger partial charge in [0, 0.05) is 11.5 Å². The van der Waals surface area contributed by atoms with Crippen LogP contribution in [0.5, 0.6) is 0 Å². The lowest BCUT2D eigenvalue weighted by Gasteiger charge is -2.27. The highest BCUT2D eigenvalue weighted by Crippen LogP contribution is 2.39. The van der Waals surface area contributed by atoms with Crippen LogP contribution < -0.4 is 0 Å². The van der Waals surface area contributed by atoms with Crippen LogP contribution >= 0.6 is 0 Å². The van der Waals surface area contributed by atoms with E-state index in [-0.39, 0.29) is 12.1 Å². The summed E-state index contributed by atoms with van der Waals surface area (Å²) in [7, 11) is 0. The molecule has 0 amide bonds. The molecule has 0 radical (unpaired) electrons. The van der Waals surface area contributed by atoms with Crippen LogP contribution in [0.3, 0.4) is 0 Å². The highest BCUT2D eigenvalue weighted by atomic mass is 16.6. The first-order valence-electron chi connectivity index (χ1n) is 4.58. The Morgan fingerprint density at radius 2 is 2.25 bits per heavy atom. The summed E-state index contributed by atoms with van der Waals surface area (Å²) in [6, 6.07) is 0. The zero-order valence-electron chi connectivity index (χ0n) is 7.38. The fourth-order valence-corrected chi connectivity index (χ4v) is 2.22. The Morgan fingerprint density at radius 3 is 3.00 bits per heavy atom. The Labute approximate surface area is 72.6 Å². The predicted octanol–water partition coefficient (Wildman–Crippen LogP) is 1.90. The van der Waals surface area contributed by atoms with Crippen LogP contribution in [0.4, 0.5) is 0 Å². The minimum Gasteiger partial charge on any atom is -0.458 e. The molecule has 0 aromatic carbocycles. The first-order valence-corrected chi connectivity index (χ1v) is 4.58. The summed E-state index contributed by atoms with van der Waals surface area (Å²) in [5.74, 6) is 0.859. The molecular formula is C10H14O2. The predicted molar refractivity (Wildman–Crippen MR) is 45.5 cm³/mol. The molecule has 0 aromatic rings. The molecule has 2 fully saturated rings. The Hall–Kier alpha value is -0.790. The van der Waals surface area contributed by atoms with Crippen molar-refractivity contribution in [3.8, 4) is 0 Å². The molecule has 1 aliphatic heterocycles. The van der Waals surface area contributed by atoms with Gasteiger partial charge in [-0.1, -0.05) is 13.5 Å². The largest absolute Gasteiger partial charge is 0.458 e. The van der Waals surface area contributed by atoms with Gasteiger partial charge in [0.1, 0.15) is 6.10 Å². The molecule has 2 aliphatic rings. The second kappa shape index (κ2) is 2.61. The maximum absolute atomic E-state index is 11.1. The number of fused-ring (bicyclic) bond motifs is 1. The van der Waals surface area contributed by atoms with E-state index in [9.17, 15) is 4.79 Å². The quantitative estimate of drug-likeness (QED) is 0.406. The van der Waals surface area contributed by atoms with Crippen LogP contribution in [0.2, 0.25) is 0 Å². The number of carbonyl (C=O) groups is 1. The summed E-state index contributed by atoms with van der Waals surface area (Å²) in [5, 5.41) is 0. The van der Waals surface area contributed by atoms with Crippen LogP contribution in [0.1, 0.15) is 26.2 Å². The van der Waals surface area contributed by atoms with Crippen molar-refractivity contribution in [1.82, 2.24) is 0 Å². The summed E-state index contributed by atoms with van der Waals surface area (Å²) < 4.78 is 5.21. The van der Waals surface area contributed by atoms with E-state index in [0.717, 1.165) is 12.8 Å². The summed E-state index contributed by atoms with van der Waals surface area (Å²) in [4.78, 5) is 11.1. The molecule has 1 saturated carbocycles. The zero-order valence-corrected chi connectivity index (χ0v) is 7.38. The monoisotopic (exact) mass is 166 g/mol. The van der Waals surface area contributed by atoms with E-state index < -0.39 is 0 Å². The SMILES string of the molecule is C=C1C(=O)O[C@@H]2CC(C)CCC12. The van der Waals surface area contributed by atoms with Crippen molar-refractivity contribution in [2.75, 3.05) is 0 Å². The van der Waals surface area contributed by atoms with E-state index in [1.807, 2.05) is 0 Å². The third kappa shape index (κ3) is 1.06. The van der Waals surface area contributed by atoms with Crippen molar-refractivity contribution < 1.29 is 9.53 Å². The normalized spacial score (nSPS) is 40.9. The van der Waals surface area contributed by atoms with Gasteiger partial charge in [-0.3, -0.25) is 0 Å². The number of esters is 1. The van der Waals surface area contributed by atoms with E-state index in [0.29, 0.717) is 17.4 Å². The van der Waals surface area contributed by atoms with Crippen molar-refractivity contribution in [2.45, 2.75) is 32.3 Å². The highest BCUT2D eigenvalue weighted by Gasteiger charge is 2.41. The molecule has 0 aromatic heterocycles. The molecule has 3 atom stereocenters. The molecule has 2 rings (SSSR count). The molecule has 0 spiro atoms. The second-order valence-corrected chi connectivity index (χ2v) is 3.99. The molecule has 0 bridgehead atoms. The summed E-state index contributed by atoms with van der Waals surface area (Å²) in [5.41, 5.74) is 0.701. The lowest BCUT2D eigenvalue weighted by atomic mass is 9.79. The van der Waals surface area contributed by atoms with Crippen molar-refractivity contribution in [2.24, 2.45) is 11.8 Å². The zero-order chi connectivity index (χ0) is 8.72. The summed E-state index contributed by atoms with van der Waals surface area (Å²) in [6.45, 7) is 5.98. The van der Waals surface area contributed by atoms with E-state index in [4.69, 9.17) is 4.74 Å². The average molecular weight is 166 g/mol. The van der Waals surface area contributed by atoms with Crippen LogP contribution in [0.25, 0.3) is 0 Å². The van der Waals surface area contributed by atoms with Gasteiger partial charge in [-0.15, -0.1) is 0 Å². The smallest absolute Gasteiger partial charge is 0.334 e. The number of ether oxygens (including phenoxy) is 1. The van der Waals surface area contributed by atoms with Gasteiger partial charge in [-0.25, -0.2) is 4.79 Å². The van der Waals surface area contributed by atoms with Crippen LogP contribution in [-0.2, 0) is 9.53 Å². The molecule has 12 heavy (non-hydrogen) atoms. The molecule has 2 heteroatoms. The molecule has 0 N–H and O–H groups in total. The van der Waals surface area contributed by atoms with Crippen LogP contribution in [0, 0.1) is 11.8 Å². The number of carbonyl (C=O) groups excluding carboxylic acids is 1. The van der Waals surface area contributed by atoms with Gasteiger partial charge in [0.25, 0.3) is 0 Å². The van der Waals surface area contributed by atoms with Crippen LogP contribution in [0.15, 0.2) is 12.2 Å². The molecule has 2 nitrogen and oxygen atoms in total. The standard InChI is InChI=1S/C10H14O2/c1-6-3-4-8-7(2)10(11)12-9(8)5-6/h6,8-9H,2-5H2,1H3/t6?,8?,9-/m1/s1. The van der Waals surface area contributed by atoms with Gasteiger partial charge in [0.15, 0.2) is 0 Å². The molecule has 66 valence electrons. The van der Waals surface area contributed by atoms with Crippen molar-refractivity contribution in [3.63, 3.8) is 0 Å². The van der Waals surface area contributed by atoms with Gasteiger partial charge >= 0.3 is 5.97 Å². The second-order valence-electron chi connectivity index (χ2n) is 3.99. The fraction of sp³-hybridized carbons (Fsp3) is 0.700. The summed E-state index contributed by atoms with van der Waals surface area (Å²) >= 11 is 0. The van der Waals surface area contributed by atoms with Gasteiger partial charge in [0.05, 0.1) is 0 Å². The Kier molecular flexibility index (Phi) is 1.71. The van der Waals surface area contributed by atoms with E-state index >= 15 is 0 Å². The molecular weight excluding hydrogens is 152 g/mol. The highest BCUT2D eigenvalue weighted by molar-refractivity contribution is 5.90. The number of hydrogen-bond acceptors (Lipinski definition) is 2. The van der Waals surface area contributed by atoms with Gasteiger partial charge in [-0.05, 0) is 25.2 Å². The first-order chi connectivity index (χ1) is 5.68. The minimum absolute atomic E-state index is 0.147. The summed E-state index contributed by atoms with van der Waals surface area (Å²) in [6.07, 6.45) is 3.46. The third-order valence-corrected chi connectivity index (χ3v) is 3.02. The lowest BCUT2D eigenvalue weighted by molar-refractivity contribution is -0.140. The van der Waals surface area contributed by atoms with Crippen molar-refractivity contribution >= 4 is 5.97 Å². The van der Waals surface area contributed by atoms with E-state index in [2.05, 4.69) is 13.5 Å². The number of rotatable bonds is 0. The minimum atomic E-state index is -0.167. The Balaban J connectivity index is 2.14. The maximum Gasteiger partial charge on any atom is 0.334 e. The van der Waals surface area contributed by atoms with E-state index in [1.165, 1.54) is 6.42 Å². The molecule has 1 saturated heterocycles. The average Bonchev–Trinajstić information content (AvgIpc) is 2.28. The Morgan fingerprint density at radius 1 is 1.50 bits per heavy atom. The maximum atomic E-state index is 11.1. The molecule has 1 heterocycles. The van der Waals surface area contributed by atoms with Crippen LogP contribution in [-0.4, -0.2) is 12.1 Å². The fourth-order valence-electron chi connectivity index (χ4n) is 2.22. The topological polar surface area (TPSA) is 26.3 Å². The Bertz CT molecular complexity index is 232. The number of hydrogen-bond donors (Lipinski definition) is 0. The van der Waals surface area contributed by atoms with Crippen molar-refractivity contribution in [3.05, 3.63) is 12.2 Å². The molecule has 1 aliphatic carbocycles. The van der Waals surface area contributed by atoms with Crippen molar-refractivity contribution in [1.29, 1.82) is 0 Å². The first kappa shape index (κ1) is 7.84. The van der Waals surface area contributed by atoms with Gasteiger partial charge < -0.3 is 4.74 Å². The lowest BCUT2D eigenvalue weighted by Crippen LogP contribution is -2.25.